The third kappa shape index (κ3) is 2.01. The van der Waals surface area contributed by atoms with Crippen molar-refractivity contribution < 1.29 is 5.11 Å². The molecule has 3 heteroatoms. The molecule has 0 aliphatic carbocycles. The van der Waals surface area contributed by atoms with E-state index in [2.05, 4.69) is 10.3 Å². The molecule has 0 spiro atoms. The van der Waals surface area contributed by atoms with Crippen LogP contribution < -0.4 is 5.32 Å². The van der Waals surface area contributed by atoms with E-state index in [1.807, 2.05) is 18.2 Å². The first-order valence-corrected chi connectivity index (χ1v) is 4.31. The minimum Gasteiger partial charge on any atom is -0.508 e. The van der Waals surface area contributed by atoms with E-state index in [0.717, 1.165) is 11.4 Å². The van der Waals surface area contributed by atoms with Crippen molar-refractivity contribution in [1.82, 2.24) is 4.98 Å². The van der Waals surface area contributed by atoms with Crippen molar-refractivity contribution in [1.29, 1.82) is 0 Å². The van der Waals surface area contributed by atoms with Crippen molar-refractivity contribution in [3.63, 3.8) is 0 Å². The van der Waals surface area contributed by atoms with Gasteiger partial charge in [0, 0.05) is 18.0 Å². The van der Waals surface area contributed by atoms with Crippen LogP contribution in [0.5, 0.6) is 5.75 Å². The number of anilines is 2. The summed E-state index contributed by atoms with van der Waals surface area (Å²) in [6.45, 7) is 0. The predicted molar refractivity (Wildman–Crippen MR) is 55.6 cm³/mol. The third-order valence-corrected chi connectivity index (χ3v) is 1.80. The minimum atomic E-state index is 0.249. The molecule has 0 amide bonds. The van der Waals surface area contributed by atoms with Crippen LogP contribution in [0.25, 0.3) is 0 Å². The number of aromatic nitrogens is 1. The number of pyridine rings is 1. The van der Waals surface area contributed by atoms with Crippen LogP contribution in [0.3, 0.4) is 0 Å². The van der Waals surface area contributed by atoms with E-state index in [0.29, 0.717) is 0 Å². The number of rotatable bonds is 2. The maximum absolute atomic E-state index is 9.24. The van der Waals surface area contributed by atoms with Crippen molar-refractivity contribution in [2.75, 3.05) is 5.32 Å². The van der Waals surface area contributed by atoms with Crippen molar-refractivity contribution in [2.24, 2.45) is 0 Å². The molecule has 70 valence electrons. The lowest BCUT2D eigenvalue weighted by molar-refractivity contribution is 0.475. The van der Waals surface area contributed by atoms with E-state index in [1.165, 1.54) is 0 Å². The second kappa shape index (κ2) is 3.79. The standard InChI is InChI=1S/C11H10N2O/c14-11-5-1-3-9(7-11)13-10-4-2-6-12-8-10/h1-8,13-14H. The Bertz CT molecular complexity index is 415. The highest BCUT2D eigenvalue weighted by Crippen LogP contribution is 2.19. The topological polar surface area (TPSA) is 45.1 Å². The second-order valence-electron chi connectivity index (χ2n) is 2.92. The lowest BCUT2D eigenvalue weighted by Crippen LogP contribution is -1.89. The van der Waals surface area contributed by atoms with Crippen molar-refractivity contribution in [3.05, 3.63) is 48.8 Å². The highest BCUT2D eigenvalue weighted by atomic mass is 16.3. The van der Waals surface area contributed by atoms with Crippen molar-refractivity contribution in [2.45, 2.75) is 0 Å². The zero-order valence-electron chi connectivity index (χ0n) is 7.51. The molecule has 0 saturated carbocycles. The number of phenols is 1. The van der Waals surface area contributed by atoms with Crippen molar-refractivity contribution in [3.8, 4) is 5.75 Å². The lowest BCUT2D eigenvalue weighted by atomic mass is 10.3. The van der Waals surface area contributed by atoms with Gasteiger partial charge in [-0.15, -0.1) is 0 Å². The Morgan fingerprint density at radius 3 is 2.64 bits per heavy atom. The lowest BCUT2D eigenvalue weighted by Gasteiger charge is -2.05. The molecule has 3 nitrogen and oxygen atoms in total. The van der Waals surface area contributed by atoms with Gasteiger partial charge in [-0.25, -0.2) is 0 Å². The molecule has 2 N–H and O–H groups in total. The van der Waals surface area contributed by atoms with Gasteiger partial charge in [-0.1, -0.05) is 6.07 Å². The average molecular weight is 186 g/mol. The zero-order valence-corrected chi connectivity index (χ0v) is 7.51. The van der Waals surface area contributed by atoms with E-state index in [-0.39, 0.29) is 5.75 Å². The summed E-state index contributed by atoms with van der Waals surface area (Å²) in [5.74, 6) is 0.249. The van der Waals surface area contributed by atoms with E-state index >= 15 is 0 Å². The number of phenolic OH excluding ortho intramolecular Hbond substituents is 1. The predicted octanol–water partition coefficient (Wildman–Crippen LogP) is 2.53. The molecule has 2 rings (SSSR count). The molecule has 0 fully saturated rings. The summed E-state index contributed by atoms with van der Waals surface area (Å²) in [4.78, 5) is 3.98. The van der Waals surface area contributed by atoms with Gasteiger partial charge < -0.3 is 10.4 Å². The van der Waals surface area contributed by atoms with Gasteiger partial charge in [0.25, 0.3) is 0 Å². The molecule has 0 aliphatic rings. The van der Waals surface area contributed by atoms with E-state index in [9.17, 15) is 5.11 Å². The number of nitrogens with one attached hydrogen (secondary N) is 1. The SMILES string of the molecule is Oc1cccc(Nc2cccnc2)c1. The fraction of sp³-hybridized carbons (Fsp3) is 0. The molecule has 0 unspecified atom stereocenters. The first-order valence-electron chi connectivity index (χ1n) is 4.31. The molecule has 0 aliphatic heterocycles. The molecule has 0 radical (unpaired) electrons. The maximum atomic E-state index is 9.24. The largest absolute Gasteiger partial charge is 0.508 e. The van der Waals surface area contributed by atoms with Crippen LogP contribution in [-0.2, 0) is 0 Å². The Morgan fingerprint density at radius 2 is 1.93 bits per heavy atom. The summed E-state index contributed by atoms with van der Waals surface area (Å²) < 4.78 is 0. The van der Waals surface area contributed by atoms with Gasteiger partial charge in [-0.3, -0.25) is 4.98 Å². The summed E-state index contributed by atoms with van der Waals surface area (Å²) in [7, 11) is 0. The van der Waals surface area contributed by atoms with Crippen LogP contribution >= 0.6 is 0 Å². The molecular formula is C11H10N2O. The van der Waals surface area contributed by atoms with Crippen LogP contribution in [0.1, 0.15) is 0 Å². The average Bonchev–Trinajstić information content (AvgIpc) is 2.19. The van der Waals surface area contributed by atoms with Gasteiger partial charge in [-0.2, -0.15) is 0 Å². The highest BCUT2D eigenvalue weighted by molar-refractivity contribution is 5.59. The molecule has 14 heavy (non-hydrogen) atoms. The number of nitrogens with zero attached hydrogens (tertiary/aromatic N) is 1. The molecule has 1 aromatic heterocycles. The maximum Gasteiger partial charge on any atom is 0.117 e. The van der Waals surface area contributed by atoms with E-state index in [4.69, 9.17) is 0 Å². The summed E-state index contributed by atoms with van der Waals surface area (Å²) in [6, 6.07) is 10.7. The van der Waals surface area contributed by atoms with Crippen molar-refractivity contribution >= 4 is 11.4 Å². The second-order valence-corrected chi connectivity index (χ2v) is 2.92. The first kappa shape index (κ1) is 8.56. The first-order chi connectivity index (χ1) is 6.84. The van der Waals surface area contributed by atoms with Crippen LogP contribution in [0.4, 0.5) is 11.4 Å². The smallest absolute Gasteiger partial charge is 0.117 e. The highest BCUT2D eigenvalue weighted by Gasteiger charge is 1.94. The van der Waals surface area contributed by atoms with Gasteiger partial charge >= 0.3 is 0 Å². The fourth-order valence-electron chi connectivity index (χ4n) is 1.19. The Balaban J connectivity index is 2.19. The number of aromatic hydroxyl groups is 1. The molecule has 1 heterocycles. The van der Waals surface area contributed by atoms with Crippen LogP contribution in [-0.4, -0.2) is 10.1 Å². The van der Waals surface area contributed by atoms with E-state index < -0.39 is 0 Å². The van der Waals surface area contributed by atoms with Gasteiger partial charge in [0.15, 0.2) is 0 Å². The third-order valence-electron chi connectivity index (χ3n) is 1.80. The molecule has 0 atom stereocenters. The molecular weight excluding hydrogens is 176 g/mol. The molecule has 0 saturated heterocycles. The monoisotopic (exact) mass is 186 g/mol. The van der Waals surface area contributed by atoms with Crippen LogP contribution in [0.2, 0.25) is 0 Å². The van der Waals surface area contributed by atoms with E-state index in [1.54, 1.807) is 30.6 Å². The van der Waals surface area contributed by atoms with Crippen LogP contribution in [0.15, 0.2) is 48.8 Å². The minimum absolute atomic E-state index is 0.249. The molecule has 0 bridgehead atoms. The summed E-state index contributed by atoms with van der Waals surface area (Å²) in [5.41, 5.74) is 1.75. The molecule has 1 aromatic carbocycles. The van der Waals surface area contributed by atoms with Gasteiger partial charge in [0.1, 0.15) is 5.75 Å². The number of hydrogen-bond donors (Lipinski definition) is 2. The summed E-state index contributed by atoms with van der Waals surface area (Å²) in [5, 5.41) is 12.4. The van der Waals surface area contributed by atoms with Gasteiger partial charge in [0.2, 0.25) is 0 Å². The van der Waals surface area contributed by atoms with Gasteiger partial charge in [-0.05, 0) is 24.3 Å². The number of benzene rings is 1. The Labute approximate surface area is 82.1 Å². The Kier molecular flexibility index (Phi) is 2.32. The summed E-state index contributed by atoms with van der Waals surface area (Å²) in [6.07, 6.45) is 3.44. The zero-order chi connectivity index (χ0) is 9.80. The number of hydrogen-bond acceptors (Lipinski definition) is 3. The van der Waals surface area contributed by atoms with Crippen LogP contribution in [0, 0.1) is 0 Å². The Morgan fingerprint density at radius 1 is 1.07 bits per heavy atom. The van der Waals surface area contributed by atoms with Gasteiger partial charge in [0.05, 0.1) is 11.9 Å². The quantitative estimate of drug-likeness (QED) is 0.757. The molecule has 2 aromatic rings. The Hall–Kier alpha value is -2.03. The summed E-state index contributed by atoms with van der Waals surface area (Å²) >= 11 is 0. The normalized spacial score (nSPS) is 9.71. The fourth-order valence-corrected chi connectivity index (χ4v) is 1.19.